The van der Waals surface area contributed by atoms with Crippen LogP contribution in [0.4, 0.5) is 10.5 Å². The molecule has 0 radical (unpaired) electrons. The van der Waals surface area contributed by atoms with Gasteiger partial charge in [-0.15, -0.1) is 0 Å². The van der Waals surface area contributed by atoms with Gasteiger partial charge < -0.3 is 15.2 Å². The Bertz CT molecular complexity index is 1070. The van der Waals surface area contributed by atoms with E-state index >= 15 is 0 Å². The van der Waals surface area contributed by atoms with E-state index in [4.69, 9.17) is 5.73 Å². The summed E-state index contributed by atoms with van der Waals surface area (Å²) >= 11 is 0. The first-order valence-corrected chi connectivity index (χ1v) is 12.0. The third-order valence-corrected chi connectivity index (χ3v) is 6.57. The molecule has 1 unspecified atom stereocenters. The molecule has 178 valence electrons. The number of benzene rings is 2. The van der Waals surface area contributed by atoms with Gasteiger partial charge in [-0.1, -0.05) is 64.1 Å². The van der Waals surface area contributed by atoms with Crippen LogP contribution in [0.3, 0.4) is 0 Å². The average molecular weight is 449 g/mol. The summed E-state index contributed by atoms with van der Waals surface area (Å²) in [6.07, 6.45) is 3.16. The molecule has 3 rings (SSSR count). The van der Waals surface area contributed by atoms with Crippen molar-refractivity contribution in [2.45, 2.75) is 51.9 Å². The Morgan fingerprint density at radius 2 is 1.55 bits per heavy atom. The van der Waals surface area contributed by atoms with Crippen LogP contribution < -0.4 is 10.6 Å². The van der Waals surface area contributed by atoms with Gasteiger partial charge in [-0.25, -0.2) is 4.79 Å². The Hall–Kier alpha value is -2.79. The van der Waals surface area contributed by atoms with E-state index in [9.17, 15) is 4.79 Å². The molecule has 0 aliphatic rings. The number of rotatable bonds is 9. The maximum Gasteiger partial charge on any atom is 0.319 e. The Kier molecular flexibility index (Phi) is 7.85. The highest BCUT2D eigenvalue weighted by atomic mass is 16.2. The lowest BCUT2D eigenvalue weighted by Gasteiger charge is -2.32. The number of aryl methyl sites for hydroxylation is 1. The van der Waals surface area contributed by atoms with Crippen LogP contribution in [0.1, 0.15) is 68.6 Å². The number of hydrogen-bond donors (Lipinski definition) is 1. The lowest BCUT2D eigenvalue weighted by Crippen LogP contribution is -2.40. The first kappa shape index (κ1) is 24.8. The molecule has 33 heavy (non-hydrogen) atoms. The van der Waals surface area contributed by atoms with E-state index in [1.165, 1.54) is 27.6 Å². The molecule has 5 nitrogen and oxygen atoms in total. The van der Waals surface area contributed by atoms with E-state index in [0.717, 1.165) is 18.7 Å². The van der Waals surface area contributed by atoms with E-state index in [0.29, 0.717) is 18.4 Å². The van der Waals surface area contributed by atoms with Crippen LogP contribution in [0, 0.1) is 0 Å². The number of urea groups is 1. The molecule has 0 fully saturated rings. The summed E-state index contributed by atoms with van der Waals surface area (Å²) in [6.45, 7) is 10.2. The molecule has 2 N–H and O–H groups in total. The van der Waals surface area contributed by atoms with Gasteiger partial charge in [-0.05, 0) is 61.7 Å². The number of carbonyl (C=O) groups excluding carboxylic acids is 1. The second kappa shape index (κ2) is 10.4. The average Bonchev–Trinajstić information content (AvgIpc) is 3.09. The number of nitrogens with zero attached hydrogens (tertiary/aromatic N) is 3. The lowest BCUT2D eigenvalue weighted by atomic mass is 9.90. The number of aromatic nitrogens is 1. The second-order valence-corrected chi connectivity index (χ2v) is 10.0. The molecule has 0 saturated carbocycles. The molecule has 0 aliphatic carbocycles. The molecule has 3 aromatic rings. The van der Waals surface area contributed by atoms with Crippen molar-refractivity contribution in [3.8, 4) is 0 Å². The number of carbonyl (C=O) groups is 1. The maximum atomic E-state index is 13.0. The van der Waals surface area contributed by atoms with Crippen molar-refractivity contribution >= 4 is 22.6 Å². The van der Waals surface area contributed by atoms with E-state index in [1.54, 1.807) is 0 Å². The summed E-state index contributed by atoms with van der Waals surface area (Å²) < 4.78 is 2.18. The minimum atomic E-state index is -0.389. The molecule has 0 aliphatic heterocycles. The number of nitrogens with two attached hydrogens (primary N) is 1. The second-order valence-electron chi connectivity index (χ2n) is 10.0. The van der Waals surface area contributed by atoms with Gasteiger partial charge in [0.2, 0.25) is 0 Å². The van der Waals surface area contributed by atoms with Crippen LogP contribution in [0.15, 0.2) is 48.7 Å². The Morgan fingerprint density at radius 1 is 0.939 bits per heavy atom. The first-order chi connectivity index (χ1) is 15.6. The van der Waals surface area contributed by atoms with Crippen molar-refractivity contribution in [1.82, 2.24) is 9.47 Å². The van der Waals surface area contributed by atoms with Crippen LogP contribution in [-0.4, -0.2) is 42.7 Å². The standard InChI is InChI=1S/C28H40N4O/c1-19(2)22-12-10-13-23(20(3)4)27(22)32(28(29)33)17-21(15-16-30(5)6)25-18-31(7)26-14-9-8-11-24(25)26/h8-14,18-21H,15-17H2,1-7H3,(H2,29,33). The normalized spacial score (nSPS) is 12.8. The fourth-order valence-electron chi connectivity index (χ4n) is 4.79. The Balaban J connectivity index is 2.13. The van der Waals surface area contributed by atoms with Gasteiger partial charge in [0.1, 0.15) is 0 Å². The Morgan fingerprint density at radius 3 is 2.09 bits per heavy atom. The highest BCUT2D eigenvalue weighted by Crippen LogP contribution is 2.38. The van der Waals surface area contributed by atoms with E-state index in [-0.39, 0.29) is 11.9 Å². The van der Waals surface area contributed by atoms with Gasteiger partial charge >= 0.3 is 6.03 Å². The molecule has 2 amide bonds. The summed E-state index contributed by atoms with van der Waals surface area (Å²) in [5.41, 5.74) is 11.9. The fourth-order valence-corrected chi connectivity index (χ4v) is 4.79. The quantitative estimate of drug-likeness (QED) is 0.433. The highest BCUT2D eigenvalue weighted by Gasteiger charge is 2.27. The van der Waals surface area contributed by atoms with Gasteiger partial charge in [-0.2, -0.15) is 0 Å². The topological polar surface area (TPSA) is 54.5 Å². The number of para-hydroxylation sites is 2. The van der Waals surface area contributed by atoms with E-state index in [1.807, 2.05) is 4.90 Å². The Labute approximate surface area is 199 Å². The van der Waals surface area contributed by atoms with Gasteiger partial charge in [0.15, 0.2) is 0 Å². The third-order valence-electron chi connectivity index (χ3n) is 6.57. The smallest absolute Gasteiger partial charge is 0.319 e. The zero-order valence-corrected chi connectivity index (χ0v) is 21.3. The predicted octanol–water partition coefficient (Wildman–Crippen LogP) is 6.05. The van der Waals surface area contributed by atoms with Crippen LogP contribution in [0.2, 0.25) is 0 Å². The van der Waals surface area contributed by atoms with Gasteiger partial charge in [-0.3, -0.25) is 4.90 Å². The predicted molar refractivity (Wildman–Crippen MR) is 140 cm³/mol. The minimum absolute atomic E-state index is 0.159. The van der Waals surface area contributed by atoms with Crippen LogP contribution >= 0.6 is 0 Å². The van der Waals surface area contributed by atoms with Crippen molar-refractivity contribution in [3.63, 3.8) is 0 Å². The number of primary amides is 1. The molecular formula is C28H40N4O. The van der Waals surface area contributed by atoms with E-state index in [2.05, 4.69) is 107 Å². The molecule has 0 saturated heterocycles. The fraction of sp³-hybridized carbons (Fsp3) is 0.464. The summed E-state index contributed by atoms with van der Waals surface area (Å²) in [5, 5.41) is 1.24. The number of fused-ring (bicyclic) bond motifs is 1. The van der Waals surface area contributed by atoms with Crippen LogP contribution in [0.5, 0.6) is 0 Å². The van der Waals surface area contributed by atoms with Crippen LogP contribution in [0.25, 0.3) is 10.9 Å². The molecule has 1 heterocycles. The zero-order chi connectivity index (χ0) is 24.3. The third kappa shape index (κ3) is 5.41. The maximum absolute atomic E-state index is 13.0. The van der Waals surface area contributed by atoms with Crippen LogP contribution in [-0.2, 0) is 7.05 Å². The van der Waals surface area contributed by atoms with Crippen molar-refractivity contribution < 1.29 is 4.79 Å². The largest absolute Gasteiger partial charge is 0.351 e. The zero-order valence-electron chi connectivity index (χ0n) is 21.3. The van der Waals surface area contributed by atoms with Crippen molar-refractivity contribution in [2.75, 3.05) is 32.1 Å². The van der Waals surface area contributed by atoms with Gasteiger partial charge in [0.25, 0.3) is 0 Å². The summed E-state index contributed by atoms with van der Waals surface area (Å²) in [7, 11) is 6.28. The molecular weight excluding hydrogens is 408 g/mol. The van der Waals surface area contributed by atoms with Crippen molar-refractivity contribution in [2.24, 2.45) is 12.8 Å². The summed E-state index contributed by atoms with van der Waals surface area (Å²) in [6, 6.07) is 14.5. The molecule has 0 bridgehead atoms. The number of anilines is 1. The van der Waals surface area contributed by atoms with Crippen molar-refractivity contribution in [3.05, 3.63) is 65.4 Å². The molecule has 1 aromatic heterocycles. The highest BCUT2D eigenvalue weighted by molar-refractivity contribution is 5.93. The number of amides is 2. The minimum Gasteiger partial charge on any atom is -0.351 e. The molecule has 2 aromatic carbocycles. The number of hydrogen-bond acceptors (Lipinski definition) is 2. The summed E-state index contributed by atoms with van der Waals surface area (Å²) in [4.78, 5) is 17.0. The molecule has 5 heteroatoms. The summed E-state index contributed by atoms with van der Waals surface area (Å²) in [5.74, 6) is 0.739. The lowest BCUT2D eigenvalue weighted by molar-refractivity contribution is 0.253. The van der Waals surface area contributed by atoms with Gasteiger partial charge in [0.05, 0.1) is 5.69 Å². The van der Waals surface area contributed by atoms with Crippen molar-refractivity contribution in [1.29, 1.82) is 0 Å². The first-order valence-electron chi connectivity index (χ1n) is 12.0. The SMILES string of the molecule is CC(C)c1cccc(C(C)C)c1N(CC(CCN(C)C)c1cn(C)c2ccccc12)C(N)=O. The van der Waals surface area contributed by atoms with E-state index < -0.39 is 0 Å². The molecule has 1 atom stereocenters. The van der Waals surface area contributed by atoms with Gasteiger partial charge in [0, 0.05) is 36.6 Å². The molecule has 0 spiro atoms. The monoisotopic (exact) mass is 448 g/mol.